The van der Waals surface area contributed by atoms with Gasteiger partial charge in [-0.2, -0.15) is 0 Å². The maximum absolute atomic E-state index is 13.9. The van der Waals surface area contributed by atoms with E-state index in [1.54, 1.807) is 19.2 Å². The molecule has 0 aliphatic carbocycles. The molecule has 1 aliphatic heterocycles. The van der Waals surface area contributed by atoms with Gasteiger partial charge in [0.1, 0.15) is 5.82 Å². The van der Waals surface area contributed by atoms with Gasteiger partial charge in [-0.3, -0.25) is 14.6 Å². The summed E-state index contributed by atoms with van der Waals surface area (Å²) in [5, 5.41) is 0.455. The number of ether oxygens (including phenoxy) is 1. The van der Waals surface area contributed by atoms with Crippen LogP contribution in [0.4, 0.5) is 4.39 Å². The van der Waals surface area contributed by atoms with E-state index in [2.05, 4.69) is 4.90 Å². The summed E-state index contributed by atoms with van der Waals surface area (Å²) in [5.74, 6) is -0.132. The fourth-order valence-electron chi connectivity index (χ4n) is 2.95. The van der Waals surface area contributed by atoms with Crippen molar-refractivity contribution in [2.75, 3.05) is 60.0 Å². The normalized spacial score (nSPS) is 15.8. The smallest absolute Gasteiger partial charge is 0.236 e. The minimum Gasteiger partial charge on any atom is -0.385 e. The number of carbonyl (C=O) groups excluding carboxylic acids is 1. The molecule has 1 aliphatic rings. The topological polar surface area (TPSA) is 36.0 Å². The van der Waals surface area contributed by atoms with Crippen molar-refractivity contribution < 1.29 is 13.9 Å². The van der Waals surface area contributed by atoms with Crippen molar-refractivity contribution >= 4 is 17.5 Å². The number of hydrogen-bond donors (Lipinski definition) is 0. The van der Waals surface area contributed by atoms with Crippen molar-refractivity contribution in [2.45, 2.75) is 13.0 Å². The Morgan fingerprint density at radius 2 is 2.04 bits per heavy atom. The first kappa shape index (κ1) is 20.1. The first-order valence-corrected chi connectivity index (χ1v) is 8.99. The zero-order valence-electron chi connectivity index (χ0n) is 15.0. The third-order valence-corrected chi connectivity index (χ3v) is 4.82. The molecule has 0 radical (unpaired) electrons. The maximum Gasteiger partial charge on any atom is 0.236 e. The van der Waals surface area contributed by atoms with Gasteiger partial charge in [-0.15, -0.1) is 0 Å². The maximum atomic E-state index is 13.9. The van der Waals surface area contributed by atoms with Crippen LogP contribution < -0.4 is 0 Å². The molecule has 0 spiro atoms. The molecule has 0 N–H and O–H groups in total. The van der Waals surface area contributed by atoms with Gasteiger partial charge in [-0.1, -0.05) is 17.7 Å². The average molecular weight is 372 g/mol. The monoisotopic (exact) mass is 371 g/mol. The lowest BCUT2D eigenvalue weighted by Crippen LogP contribution is -2.50. The number of benzene rings is 1. The Balaban J connectivity index is 1.76. The highest BCUT2D eigenvalue weighted by molar-refractivity contribution is 6.31. The molecule has 0 atom stereocenters. The highest BCUT2D eigenvalue weighted by atomic mass is 35.5. The van der Waals surface area contributed by atoms with Crippen molar-refractivity contribution in [2.24, 2.45) is 0 Å². The van der Waals surface area contributed by atoms with Crippen LogP contribution in [0.25, 0.3) is 0 Å². The first-order valence-electron chi connectivity index (χ1n) is 8.61. The van der Waals surface area contributed by atoms with E-state index in [0.717, 1.165) is 26.1 Å². The van der Waals surface area contributed by atoms with Crippen LogP contribution in [0, 0.1) is 5.82 Å². The van der Waals surface area contributed by atoms with E-state index in [1.807, 2.05) is 16.8 Å². The number of methoxy groups -OCH3 is 1. The predicted molar refractivity (Wildman–Crippen MR) is 97.3 cm³/mol. The average Bonchev–Trinajstić information content (AvgIpc) is 2.59. The molecular weight excluding hydrogens is 345 g/mol. The lowest BCUT2D eigenvalue weighted by atomic mass is 10.2. The summed E-state index contributed by atoms with van der Waals surface area (Å²) in [7, 11) is 3.63. The summed E-state index contributed by atoms with van der Waals surface area (Å²) in [6.45, 7) is 5.22. The van der Waals surface area contributed by atoms with E-state index in [9.17, 15) is 9.18 Å². The zero-order chi connectivity index (χ0) is 18.2. The van der Waals surface area contributed by atoms with Gasteiger partial charge in [0.05, 0.1) is 6.54 Å². The van der Waals surface area contributed by atoms with Crippen LogP contribution in [-0.2, 0) is 16.1 Å². The van der Waals surface area contributed by atoms with Gasteiger partial charge in [0.2, 0.25) is 5.91 Å². The zero-order valence-corrected chi connectivity index (χ0v) is 15.8. The molecular formula is C18H27ClFN3O2. The fourth-order valence-corrected chi connectivity index (χ4v) is 3.17. The Kier molecular flexibility index (Phi) is 8.09. The molecule has 0 aromatic heterocycles. The molecule has 140 valence electrons. The highest BCUT2D eigenvalue weighted by Crippen LogP contribution is 2.21. The number of amides is 1. The third kappa shape index (κ3) is 6.22. The summed E-state index contributed by atoms with van der Waals surface area (Å²) in [6.07, 6.45) is 0.914. The lowest BCUT2D eigenvalue weighted by Gasteiger charge is -2.35. The number of hydrogen-bond acceptors (Lipinski definition) is 4. The predicted octanol–water partition coefficient (Wildman–Crippen LogP) is 2.09. The molecule has 0 saturated carbocycles. The van der Waals surface area contributed by atoms with E-state index in [0.29, 0.717) is 43.4 Å². The molecule has 1 aromatic carbocycles. The number of halogens is 2. The van der Waals surface area contributed by atoms with Crippen molar-refractivity contribution in [3.63, 3.8) is 0 Å². The number of piperazine rings is 1. The molecule has 1 fully saturated rings. The Morgan fingerprint density at radius 1 is 1.32 bits per heavy atom. The summed E-state index contributed by atoms with van der Waals surface area (Å²) in [5.41, 5.74) is 0.529. The molecule has 2 rings (SSSR count). The number of likely N-dealkylation sites (N-methyl/N-ethyl adjacent to an activating group) is 1. The third-order valence-electron chi connectivity index (χ3n) is 4.46. The molecule has 5 nitrogen and oxygen atoms in total. The van der Waals surface area contributed by atoms with Crippen LogP contribution in [0.5, 0.6) is 0 Å². The van der Waals surface area contributed by atoms with Crippen LogP contribution in [0.15, 0.2) is 18.2 Å². The largest absolute Gasteiger partial charge is 0.385 e. The standard InChI is InChI=1S/C18H27ClFN3O2/c1-21(7-4-12-25-2)14-18(24)23-10-8-22(9-11-23)13-15-16(19)5-3-6-17(15)20/h3,5-6H,4,7-14H2,1-2H3. The lowest BCUT2D eigenvalue weighted by molar-refractivity contribution is -0.134. The quantitative estimate of drug-likeness (QED) is 0.656. The highest BCUT2D eigenvalue weighted by Gasteiger charge is 2.23. The van der Waals surface area contributed by atoms with E-state index < -0.39 is 0 Å². The van der Waals surface area contributed by atoms with E-state index in [1.165, 1.54) is 6.07 Å². The Labute approximate surface area is 154 Å². The van der Waals surface area contributed by atoms with Gasteiger partial charge < -0.3 is 9.64 Å². The van der Waals surface area contributed by atoms with Crippen LogP contribution in [0.3, 0.4) is 0 Å². The van der Waals surface area contributed by atoms with Crippen LogP contribution in [-0.4, -0.2) is 80.6 Å². The van der Waals surface area contributed by atoms with Gasteiger partial charge in [-0.05, 0) is 25.6 Å². The number of nitrogens with zero attached hydrogens (tertiary/aromatic N) is 3. The van der Waals surface area contributed by atoms with Crippen molar-refractivity contribution in [3.8, 4) is 0 Å². The molecule has 25 heavy (non-hydrogen) atoms. The molecule has 0 unspecified atom stereocenters. The van der Waals surface area contributed by atoms with Crippen LogP contribution in [0.1, 0.15) is 12.0 Å². The van der Waals surface area contributed by atoms with E-state index in [4.69, 9.17) is 16.3 Å². The Bertz CT molecular complexity index is 545. The summed E-state index contributed by atoms with van der Waals surface area (Å²) in [6, 6.07) is 4.75. The van der Waals surface area contributed by atoms with Crippen LogP contribution >= 0.6 is 11.6 Å². The molecule has 7 heteroatoms. The summed E-state index contributed by atoms with van der Waals surface area (Å²) >= 11 is 6.09. The minimum atomic E-state index is -0.274. The Morgan fingerprint density at radius 3 is 2.68 bits per heavy atom. The first-order chi connectivity index (χ1) is 12.0. The van der Waals surface area contributed by atoms with Gasteiger partial charge in [0, 0.05) is 63.6 Å². The molecule has 1 amide bonds. The summed E-state index contributed by atoms with van der Waals surface area (Å²) < 4.78 is 18.9. The van der Waals surface area contributed by atoms with E-state index in [-0.39, 0.29) is 11.7 Å². The van der Waals surface area contributed by atoms with Crippen LogP contribution in [0.2, 0.25) is 5.02 Å². The van der Waals surface area contributed by atoms with Crippen molar-refractivity contribution in [1.82, 2.24) is 14.7 Å². The summed E-state index contributed by atoms with van der Waals surface area (Å²) in [4.78, 5) is 18.4. The fraction of sp³-hybridized carbons (Fsp3) is 0.611. The van der Waals surface area contributed by atoms with Gasteiger partial charge in [-0.25, -0.2) is 4.39 Å². The molecule has 1 saturated heterocycles. The van der Waals surface area contributed by atoms with Crippen molar-refractivity contribution in [3.05, 3.63) is 34.6 Å². The number of rotatable bonds is 8. The van der Waals surface area contributed by atoms with Gasteiger partial charge in [0.15, 0.2) is 0 Å². The minimum absolute atomic E-state index is 0.142. The number of carbonyl (C=O) groups is 1. The van der Waals surface area contributed by atoms with Crippen molar-refractivity contribution in [1.29, 1.82) is 0 Å². The second kappa shape index (κ2) is 10.1. The molecule has 1 heterocycles. The van der Waals surface area contributed by atoms with Gasteiger partial charge >= 0.3 is 0 Å². The second-order valence-electron chi connectivity index (χ2n) is 6.44. The van der Waals surface area contributed by atoms with Gasteiger partial charge in [0.25, 0.3) is 0 Å². The SMILES string of the molecule is COCCCN(C)CC(=O)N1CCN(Cc2c(F)cccc2Cl)CC1. The molecule has 0 bridgehead atoms. The molecule has 1 aromatic rings. The van der Waals surface area contributed by atoms with E-state index >= 15 is 0 Å². The second-order valence-corrected chi connectivity index (χ2v) is 6.85. The Hall–Kier alpha value is -1.21.